The number of likely N-dealkylation sites (N-methyl/N-ethyl adjacent to an activating group) is 1. The highest BCUT2D eigenvalue weighted by Crippen LogP contribution is 2.27. The molecule has 1 aromatic rings. The van der Waals surface area contributed by atoms with E-state index in [0.717, 1.165) is 16.6 Å². The minimum Gasteiger partial charge on any atom is -0.496 e. The zero-order chi connectivity index (χ0) is 14.4. The topological polar surface area (TPSA) is 21.3 Å². The monoisotopic (exact) mass is 337 g/mol. The van der Waals surface area contributed by atoms with Crippen molar-refractivity contribution >= 4 is 15.9 Å². The van der Waals surface area contributed by atoms with Crippen LogP contribution in [0, 0.1) is 0 Å². The van der Waals surface area contributed by atoms with Crippen molar-refractivity contribution in [2.24, 2.45) is 0 Å². The zero-order valence-electron chi connectivity index (χ0n) is 12.4. The average molecular weight is 338 g/mol. The third kappa shape index (κ3) is 4.35. The molecule has 1 N–H and O–H groups in total. The molecule has 0 saturated carbocycles. The first-order chi connectivity index (χ1) is 9.72. The summed E-state index contributed by atoms with van der Waals surface area (Å²) in [6.45, 7) is 0. The molecule has 110 valence electrons. The lowest BCUT2D eigenvalue weighted by Crippen LogP contribution is -2.28. The Labute approximate surface area is 130 Å². The molecule has 0 aromatic heterocycles. The summed E-state index contributed by atoms with van der Waals surface area (Å²) in [6.07, 6.45) is 9.92. The Morgan fingerprint density at radius 1 is 1.30 bits per heavy atom. The normalized spacial score (nSPS) is 16.6. The maximum absolute atomic E-state index is 5.28. The van der Waals surface area contributed by atoms with Gasteiger partial charge in [0, 0.05) is 6.04 Å². The van der Waals surface area contributed by atoms with Crippen LogP contribution in [-0.2, 0) is 6.42 Å². The summed E-state index contributed by atoms with van der Waals surface area (Å²) in [5, 5.41) is 3.46. The van der Waals surface area contributed by atoms with Crippen molar-refractivity contribution < 1.29 is 4.74 Å². The lowest BCUT2D eigenvalue weighted by molar-refractivity contribution is 0.412. The Balaban J connectivity index is 1.98. The van der Waals surface area contributed by atoms with Gasteiger partial charge in [-0.05, 0) is 79.2 Å². The van der Waals surface area contributed by atoms with Gasteiger partial charge in [0.1, 0.15) is 5.75 Å². The van der Waals surface area contributed by atoms with E-state index in [0.29, 0.717) is 6.04 Å². The second-order valence-electron chi connectivity index (χ2n) is 5.47. The first-order valence-corrected chi connectivity index (χ1v) is 8.20. The summed E-state index contributed by atoms with van der Waals surface area (Å²) in [5.41, 5.74) is 2.97. The number of allylic oxidation sites excluding steroid dienone is 1. The van der Waals surface area contributed by atoms with Gasteiger partial charge in [-0.25, -0.2) is 0 Å². The summed E-state index contributed by atoms with van der Waals surface area (Å²) in [5.74, 6) is 0.893. The Morgan fingerprint density at radius 2 is 2.15 bits per heavy atom. The van der Waals surface area contributed by atoms with E-state index in [1.54, 1.807) is 12.7 Å². The number of hydrogen-bond acceptors (Lipinski definition) is 2. The molecule has 0 fully saturated rings. The second kappa shape index (κ2) is 7.84. The van der Waals surface area contributed by atoms with Gasteiger partial charge in [0.25, 0.3) is 0 Å². The van der Waals surface area contributed by atoms with Gasteiger partial charge in [-0.2, -0.15) is 0 Å². The highest BCUT2D eigenvalue weighted by Gasteiger charge is 2.13. The van der Waals surface area contributed by atoms with Crippen LogP contribution in [0.25, 0.3) is 0 Å². The number of methoxy groups -OCH3 is 1. The van der Waals surface area contributed by atoms with Crippen molar-refractivity contribution in [2.45, 2.75) is 44.6 Å². The van der Waals surface area contributed by atoms with E-state index in [4.69, 9.17) is 4.74 Å². The largest absolute Gasteiger partial charge is 0.496 e. The van der Waals surface area contributed by atoms with Crippen molar-refractivity contribution in [1.82, 2.24) is 5.32 Å². The van der Waals surface area contributed by atoms with Gasteiger partial charge in [0.2, 0.25) is 0 Å². The van der Waals surface area contributed by atoms with E-state index in [1.165, 1.54) is 37.7 Å². The minimum absolute atomic E-state index is 0.514. The van der Waals surface area contributed by atoms with Crippen molar-refractivity contribution in [3.05, 3.63) is 39.9 Å². The van der Waals surface area contributed by atoms with Gasteiger partial charge in [0.15, 0.2) is 0 Å². The van der Waals surface area contributed by atoms with Crippen LogP contribution in [0.5, 0.6) is 5.75 Å². The van der Waals surface area contributed by atoms with Gasteiger partial charge < -0.3 is 10.1 Å². The second-order valence-corrected chi connectivity index (χ2v) is 6.33. The van der Waals surface area contributed by atoms with Gasteiger partial charge >= 0.3 is 0 Å². The van der Waals surface area contributed by atoms with Crippen LogP contribution in [0.15, 0.2) is 34.3 Å². The molecule has 1 aliphatic carbocycles. The van der Waals surface area contributed by atoms with E-state index in [1.807, 2.05) is 6.07 Å². The molecular formula is C17H24BrNO. The van der Waals surface area contributed by atoms with Gasteiger partial charge in [-0.3, -0.25) is 0 Å². The number of benzene rings is 1. The van der Waals surface area contributed by atoms with Gasteiger partial charge in [-0.1, -0.05) is 17.7 Å². The molecule has 0 aliphatic heterocycles. The number of halogens is 1. The molecule has 20 heavy (non-hydrogen) atoms. The standard InChI is InChI=1S/C17H24BrNO/c1-19-15(10-13-6-4-3-5-7-13)11-14-8-9-17(20-2)16(18)12-14/h6,8-9,12,15,19H,3-5,7,10-11H2,1-2H3. The smallest absolute Gasteiger partial charge is 0.133 e. The zero-order valence-corrected chi connectivity index (χ0v) is 14.0. The molecule has 1 aromatic carbocycles. The molecular weight excluding hydrogens is 314 g/mol. The third-order valence-electron chi connectivity index (χ3n) is 4.00. The fourth-order valence-corrected chi connectivity index (χ4v) is 3.39. The Hall–Kier alpha value is -0.800. The lowest BCUT2D eigenvalue weighted by atomic mass is 9.92. The molecule has 0 saturated heterocycles. The number of rotatable bonds is 6. The Bertz CT molecular complexity index is 470. The van der Waals surface area contributed by atoms with E-state index >= 15 is 0 Å². The van der Waals surface area contributed by atoms with Gasteiger partial charge in [0.05, 0.1) is 11.6 Å². The van der Waals surface area contributed by atoms with E-state index < -0.39 is 0 Å². The first-order valence-electron chi connectivity index (χ1n) is 7.40. The molecule has 1 unspecified atom stereocenters. The minimum atomic E-state index is 0.514. The van der Waals surface area contributed by atoms with Crippen molar-refractivity contribution in [3.8, 4) is 5.75 Å². The maximum atomic E-state index is 5.28. The Morgan fingerprint density at radius 3 is 2.75 bits per heavy atom. The van der Waals surface area contributed by atoms with Crippen LogP contribution in [0.2, 0.25) is 0 Å². The fourth-order valence-electron chi connectivity index (χ4n) is 2.80. The SMILES string of the molecule is CNC(CC1=CCCCC1)Cc1ccc(OC)c(Br)c1. The number of hydrogen-bond donors (Lipinski definition) is 1. The number of nitrogens with one attached hydrogen (secondary N) is 1. The van der Waals surface area contributed by atoms with Crippen LogP contribution in [0.4, 0.5) is 0 Å². The van der Waals surface area contributed by atoms with Crippen molar-refractivity contribution in [2.75, 3.05) is 14.2 Å². The first kappa shape index (κ1) is 15.6. The predicted molar refractivity (Wildman–Crippen MR) is 88.4 cm³/mol. The summed E-state index contributed by atoms with van der Waals surface area (Å²) in [7, 11) is 3.76. The summed E-state index contributed by atoms with van der Waals surface area (Å²) in [4.78, 5) is 0. The summed E-state index contributed by atoms with van der Waals surface area (Å²) in [6, 6.07) is 6.87. The lowest BCUT2D eigenvalue weighted by Gasteiger charge is -2.21. The van der Waals surface area contributed by atoms with Gasteiger partial charge in [-0.15, -0.1) is 0 Å². The van der Waals surface area contributed by atoms with E-state index in [2.05, 4.69) is 46.5 Å². The highest BCUT2D eigenvalue weighted by molar-refractivity contribution is 9.10. The molecule has 0 heterocycles. The Kier molecular flexibility index (Phi) is 6.11. The molecule has 0 spiro atoms. The third-order valence-corrected chi connectivity index (χ3v) is 4.62. The molecule has 2 rings (SSSR count). The van der Waals surface area contributed by atoms with Crippen LogP contribution in [0.1, 0.15) is 37.7 Å². The maximum Gasteiger partial charge on any atom is 0.133 e. The van der Waals surface area contributed by atoms with Crippen molar-refractivity contribution in [3.63, 3.8) is 0 Å². The van der Waals surface area contributed by atoms with E-state index in [-0.39, 0.29) is 0 Å². The molecule has 2 nitrogen and oxygen atoms in total. The van der Waals surface area contributed by atoms with Crippen LogP contribution < -0.4 is 10.1 Å². The predicted octanol–water partition coefficient (Wildman–Crippen LogP) is 4.48. The molecule has 1 aliphatic rings. The molecule has 0 radical (unpaired) electrons. The van der Waals surface area contributed by atoms with Crippen molar-refractivity contribution in [1.29, 1.82) is 0 Å². The molecule has 0 amide bonds. The fraction of sp³-hybridized carbons (Fsp3) is 0.529. The van der Waals surface area contributed by atoms with Crippen LogP contribution >= 0.6 is 15.9 Å². The van der Waals surface area contributed by atoms with Crippen LogP contribution in [0.3, 0.4) is 0 Å². The molecule has 0 bridgehead atoms. The summed E-state index contributed by atoms with van der Waals surface area (Å²) >= 11 is 3.56. The molecule has 1 atom stereocenters. The number of ether oxygens (including phenoxy) is 1. The van der Waals surface area contributed by atoms with E-state index in [9.17, 15) is 0 Å². The highest BCUT2D eigenvalue weighted by atomic mass is 79.9. The molecule has 3 heteroatoms. The average Bonchev–Trinajstić information content (AvgIpc) is 2.48. The summed E-state index contributed by atoms with van der Waals surface area (Å²) < 4.78 is 6.31. The quantitative estimate of drug-likeness (QED) is 0.772. The van der Waals surface area contributed by atoms with Crippen LogP contribution in [-0.4, -0.2) is 20.2 Å².